The van der Waals surface area contributed by atoms with Crippen LogP contribution in [0, 0.1) is 12.7 Å². The number of hydrogen-bond acceptors (Lipinski definition) is 3. The molecule has 4 nitrogen and oxygen atoms in total. The van der Waals surface area contributed by atoms with Crippen molar-refractivity contribution in [3.05, 3.63) is 29.6 Å². The summed E-state index contributed by atoms with van der Waals surface area (Å²) in [5, 5.41) is 8.51. The monoisotopic (exact) mass is 213 g/mol. The summed E-state index contributed by atoms with van der Waals surface area (Å²) in [5.41, 5.74) is 5.85. The van der Waals surface area contributed by atoms with Crippen LogP contribution in [0.4, 0.5) is 4.39 Å². The summed E-state index contributed by atoms with van der Waals surface area (Å²) in [6.45, 7) is 1.53. The number of carboxylic acids is 1. The van der Waals surface area contributed by atoms with E-state index in [4.69, 9.17) is 15.6 Å². The Morgan fingerprint density at radius 1 is 1.67 bits per heavy atom. The fraction of sp³-hybridized carbons (Fsp3) is 0.300. The molecule has 0 aliphatic heterocycles. The first-order valence-corrected chi connectivity index (χ1v) is 4.38. The van der Waals surface area contributed by atoms with Gasteiger partial charge in [-0.25, -0.2) is 4.39 Å². The number of nitrogens with two attached hydrogens (primary N) is 1. The van der Waals surface area contributed by atoms with E-state index in [1.54, 1.807) is 6.92 Å². The van der Waals surface area contributed by atoms with Gasteiger partial charge >= 0.3 is 5.97 Å². The molecular formula is C10H12FNO3. The van der Waals surface area contributed by atoms with Crippen LogP contribution < -0.4 is 10.5 Å². The molecule has 15 heavy (non-hydrogen) atoms. The molecule has 1 aromatic rings. The molecule has 0 spiro atoms. The highest BCUT2D eigenvalue weighted by molar-refractivity contribution is 5.73. The molecule has 0 fully saturated rings. The van der Waals surface area contributed by atoms with E-state index in [0.717, 1.165) is 0 Å². The van der Waals surface area contributed by atoms with Gasteiger partial charge in [0.2, 0.25) is 0 Å². The lowest BCUT2D eigenvalue weighted by atomic mass is 10.2. The van der Waals surface area contributed by atoms with E-state index in [-0.39, 0.29) is 12.4 Å². The van der Waals surface area contributed by atoms with Gasteiger partial charge in [0.1, 0.15) is 24.2 Å². The van der Waals surface area contributed by atoms with Gasteiger partial charge in [-0.1, -0.05) is 0 Å². The Morgan fingerprint density at radius 2 is 2.33 bits per heavy atom. The average Bonchev–Trinajstić information content (AvgIpc) is 2.15. The number of rotatable bonds is 4. The zero-order valence-corrected chi connectivity index (χ0v) is 8.24. The summed E-state index contributed by atoms with van der Waals surface area (Å²) in [7, 11) is 0. The average molecular weight is 213 g/mol. The predicted molar refractivity (Wildman–Crippen MR) is 52.2 cm³/mol. The smallest absolute Gasteiger partial charge is 0.324 e. The first kappa shape index (κ1) is 11.5. The summed E-state index contributed by atoms with van der Waals surface area (Å²) in [5.74, 6) is -1.05. The summed E-state index contributed by atoms with van der Waals surface area (Å²) in [6, 6.07) is 2.92. The van der Waals surface area contributed by atoms with Crippen LogP contribution in [-0.2, 0) is 4.79 Å². The van der Waals surface area contributed by atoms with Gasteiger partial charge in [0.25, 0.3) is 0 Å². The molecule has 0 amide bonds. The molecular weight excluding hydrogens is 201 g/mol. The van der Waals surface area contributed by atoms with Gasteiger partial charge in [0, 0.05) is 0 Å². The largest absolute Gasteiger partial charge is 0.491 e. The Morgan fingerprint density at radius 3 is 2.87 bits per heavy atom. The van der Waals surface area contributed by atoms with Crippen LogP contribution in [0.3, 0.4) is 0 Å². The molecule has 0 aliphatic carbocycles. The van der Waals surface area contributed by atoms with Crippen molar-refractivity contribution in [1.82, 2.24) is 0 Å². The topological polar surface area (TPSA) is 72.5 Å². The third-order valence-corrected chi connectivity index (χ3v) is 1.87. The van der Waals surface area contributed by atoms with Crippen molar-refractivity contribution in [3.63, 3.8) is 0 Å². The van der Waals surface area contributed by atoms with Crippen molar-refractivity contribution >= 4 is 5.97 Å². The molecule has 1 aromatic carbocycles. The van der Waals surface area contributed by atoms with Crippen LogP contribution in [0.2, 0.25) is 0 Å². The normalized spacial score (nSPS) is 12.2. The van der Waals surface area contributed by atoms with Crippen molar-refractivity contribution in [2.24, 2.45) is 5.73 Å². The fourth-order valence-electron chi connectivity index (χ4n) is 1.03. The highest BCUT2D eigenvalue weighted by Gasteiger charge is 2.12. The maximum atomic E-state index is 12.7. The first-order chi connectivity index (χ1) is 7.00. The van der Waals surface area contributed by atoms with E-state index in [1.165, 1.54) is 18.2 Å². The molecule has 0 aromatic heterocycles. The highest BCUT2D eigenvalue weighted by atomic mass is 19.1. The molecule has 0 heterocycles. The predicted octanol–water partition coefficient (Wildman–Crippen LogP) is 0.925. The number of hydrogen-bond donors (Lipinski definition) is 2. The van der Waals surface area contributed by atoms with Crippen LogP contribution in [-0.4, -0.2) is 23.7 Å². The molecule has 82 valence electrons. The molecule has 0 saturated carbocycles. The lowest BCUT2D eigenvalue weighted by molar-refractivity contribution is -0.139. The maximum absolute atomic E-state index is 12.7. The summed E-state index contributed by atoms with van der Waals surface area (Å²) < 4.78 is 17.8. The van der Waals surface area contributed by atoms with Gasteiger partial charge in [-0.2, -0.15) is 0 Å². The van der Waals surface area contributed by atoms with Crippen LogP contribution in [0.1, 0.15) is 5.56 Å². The van der Waals surface area contributed by atoms with Crippen molar-refractivity contribution in [2.45, 2.75) is 13.0 Å². The highest BCUT2D eigenvalue weighted by Crippen LogP contribution is 2.18. The first-order valence-electron chi connectivity index (χ1n) is 4.38. The zero-order valence-electron chi connectivity index (χ0n) is 8.24. The molecule has 0 bridgehead atoms. The van der Waals surface area contributed by atoms with Crippen molar-refractivity contribution in [2.75, 3.05) is 6.61 Å². The number of aliphatic carboxylic acids is 1. The van der Waals surface area contributed by atoms with Crippen LogP contribution in [0.15, 0.2) is 18.2 Å². The number of carbonyl (C=O) groups is 1. The van der Waals surface area contributed by atoms with Crippen LogP contribution >= 0.6 is 0 Å². The molecule has 1 rings (SSSR count). The van der Waals surface area contributed by atoms with Gasteiger partial charge in [0.05, 0.1) is 0 Å². The molecule has 3 N–H and O–H groups in total. The number of halogens is 1. The number of benzene rings is 1. The van der Waals surface area contributed by atoms with E-state index in [2.05, 4.69) is 0 Å². The van der Waals surface area contributed by atoms with Gasteiger partial charge in [-0.15, -0.1) is 0 Å². The molecule has 0 aliphatic rings. The Hall–Kier alpha value is -1.62. The van der Waals surface area contributed by atoms with Crippen molar-refractivity contribution in [1.29, 1.82) is 0 Å². The number of carboxylic acid groups (broad SMARTS) is 1. The Kier molecular flexibility index (Phi) is 3.62. The standard InChI is InChI=1S/C10H12FNO3/c1-6-4-7(11)2-3-9(6)15-5-8(12)10(13)14/h2-4,8H,5,12H2,1H3,(H,13,14)/t8-/m0/s1. The van der Waals surface area contributed by atoms with E-state index < -0.39 is 12.0 Å². The fourth-order valence-corrected chi connectivity index (χ4v) is 1.03. The van der Waals surface area contributed by atoms with Gasteiger partial charge in [-0.3, -0.25) is 4.79 Å². The Labute approximate surface area is 86.5 Å². The van der Waals surface area contributed by atoms with Crippen LogP contribution in [0.25, 0.3) is 0 Å². The third kappa shape index (κ3) is 3.21. The van der Waals surface area contributed by atoms with E-state index in [1.807, 2.05) is 0 Å². The Bertz CT molecular complexity index is 368. The second-order valence-electron chi connectivity index (χ2n) is 3.17. The lowest BCUT2D eigenvalue weighted by Crippen LogP contribution is -2.36. The summed E-state index contributed by atoms with van der Waals surface area (Å²) >= 11 is 0. The van der Waals surface area contributed by atoms with Gasteiger partial charge in [0.15, 0.2) is 0 Å². The number of ether oxygens (including phenoxy) is 1. The van der Waals surface area contributed by atoms with E-state index >= 15 is 0 Å². The maximum Gasteiger partial charge on any atom is 0.324 e. The van der Waals surface area contributed by atoms with Crippen molar-refractivity contribution < 1.29 is 19.0 Å². The SMILES string of the molecule is Cc1cc(F)ccc1OC[C@H](N)C(=O)O. The second-order valence-corrected chi connectivity index (χ2v) is 3.17. The van der Waals surface area contributed by atoms with Crippen molar-refractivity contribution in [3.8, 4) is 5.75 Å². The Balaban J connectivity index is 2.62. The molecule has 0 radical (unpaired) electrons. The second kappa shape index (κ2) is 4.75. The minimum absolute atomic E-state index is 0.137. The lowest BCUT2D eigenvalue weighted by Gasteiger charge is -2.11. The molecule has 0 unspecified atom stereocenters. The minimum atomic E-state index is -1.13. The minimum Gasteiger partial charge on any atom is -0.491 e. The van der Waals surface area contributed by atoms with E-state index in [9.17, 15) is 9.18 Å². The molecule has 5 heteroatoms. The van der Waals surface area contributed by atoms with Gasteiger partial charge in [-0.05, 0) is 30.7 Å². The summed E-state index contributed by atoms with van der Waals surface area (Å²) in [6.07, 6.45) is 0. The quantitative estimate of drug-likeness (QED) is 0.780. The summed E-state index contributed by atoms with van der Waals surface area (Å²) in [4.78, 5) is 10.4. The molecule has 0 saturated heterocycles. The number of aryl methyl sites for hydroxylation is 1. The van der Waals surface area contributed by atoms with Gasteiger partial charge < -0.3 is 15.6 Å². The third-order valence-electron chi connectivity index (χ3n) is 1.87. The zero-order chi connectivity index (χ0) is 11.4. The molecule has 1 atom stereocenters. The van der Waals surface area contributed by atoms with Crippen LogP contribution in [0.5, 0.6) is 5.75 Å². The van der Waals surface area contributed by atoms with E-state index in [0.29, 0.717) is 11.3 Å².